The number of nitrogens with one attached hydrogen (secondary N) is 1. The molecule has 3 rings (SSSR count). The number of nitrogens with zero attached hydrogens (tertiary/aromatic N) is 1. The highest BCUT2D eigenvalue weighted by Crippen LogP contribution is 2.28. The molecule has 1 N–H and O–H groups in total. The lowest BCUT2D eigenvalue weighted by Crippen LogP contribution is -2.35. The molecule has 0 bridgehead atoms. The minimum absolute atomic E-state index is 0.158. The molecule has 2 amide bonds. The minimum Gasteiger partial charge on any atom is -0.373 e. The molecule has 1 aliphatic heterocycles. The SMILES string of the molecule is Cc1cc(C)cc(NC2CC(=O)N(c3ccc(C)cc3C)C2=O)c1. The summed E-state index contributed by atoms with van der Waals surface area (Å²) in [5.74, 6) is -0.347. The number of anilines is 2. The largest absolute Gasteiger partial charge is 0.373 e. The van der Waals surface area contributed by atoms with Gasteiger partial charge < -0.3 is 5.32 Å². The van der Waals surface area contributed by atoms with E-state index >= 15 is 0 Å². The van der Waals surface area contributed by atoms with Crippen LogP contribution in [0.25, 0.3) is 0 Å². The first kappa shape index (κ1) is 16.2. The maximum atomic E-state index is 12.8. The molecule has 2 aromatic rings. The lowest BCUT2D eigenvalue weighted by atomic mass is 10.1. The van der Waals surface area contributed by atoms with Crippen molar-refractivity contribution in [3.8, 4) is 0 Å². The predicted molar refractivity (Wildman–Crippen MR) is 96.4 cm³/mol. The van der Waals surface area contributed by atoms with Crippen LogP contribution < -0.4 is 10.2 Å². The molecule has 0 radical (unpaired) electrons. The molecule has 1 unspecified atom stereocenters. The highest BCUT2D eigenvalue weighted by atomic mass is 16.2. The third-order valence-electron chi connectivity index (χ3n) is 4.30. The summed E-state index contributed by atoms with van der Waals surface area (Å²) in [6.45, 7) is 7.95. The molecular formula is C20H22N2O2. The topological polar surface area (TPSA) is 49.4 Å². The summed E-state index contributed by atoms with van der Waals surface area (Å²) in [5.41, 5.74) is 5.85. The van der Waals surface area contributed by atoms with E-state index in [0.29, 0.717) is 5.69 Å². The van der Waals surface area contributed by atoms with Crippen LogP contribution in [0.4, 0.5) is 11.4 Å². The Bertz CT molecular complexity index is 806. The van der Waals surface area contributed by atoms with E-state index in [9.17, 15) is 9.59 Å². The molecule has 2 aromatic carbocycles. The standard InChI is InChI=1S/C20H22N2O2/c1-12-5-6-18(15(4)8-12)22-19(23)11-17(20(22)24)21-16-9-13(2)7-14(3)10-16/h5-10,17,21H,11H2,1-4H3. The molecule has 0 saturated carbocycles. The van der Waals surface area contributed by atoms with Gasteiger partial charge in [0, 0.05) is 5.69 Å². The number of benzene rings is 2. The Hall–Kier alpha value is -2.62. The van der Waals surface area contributed by atoms with Crippen molar-refractivity contribution < 1.29 is 9.59 Å². The maximum absolute atomic E-state index is 12.8. The third-order valence-corrected chi connectivity index (χ3v) is 4.30. The second-order valence-corrected chi connectivity index (χ2v) is 6.63. The fraction of sp³-hybridized carbons (Fsp3) is 0.300. The van der Waals surface area contributed by atoms with E-state index < -0.39 is 6.04 Å². The second-order valence-electron chi connectivity index (χ2n) is 6.63. The number of rotatable bonds is 3. The zero-order chi connectivity index (χ0) is 17.4. The Balaban J connectivity index is 1.86. The molecule has 24 heavy (non-hydrogen) atoms. The fourth-order valence-corrected chi connectivity index (χ4v) is 3.31. The van der Waals surface area contributed by atoms with E-state index in [0.717, 1.165) is 27.9 Å². The van der Waals surface area contributed by atoms with Gasteiger partial charge in [-0.25, -0.2) is 4.90 Å². The van der Waals surface area contributed by atoms with Gasteiger partial charge in [-0.2, -0.15) is 0 Å². The van der Waals surface area contributed by atoms with Crippen LogP contribution in [-0.4, -0.2) is 17.9 Å². The van der Waals surface area contributed by atoms with Crippen LogP contribution in [0.5, 0.6) is 0 Å². The van der Waals surface area contributed by atoms with Gasteiger partial charge in [-0.1, -0.05) is 23.8 Å². The van der Waals surface area contributed by atoms with Crippen LogP contribution in [0, 0.1) is 27.7 Å². The van der Waals surface area contributed by atoms with Crippen molar-refractivity contribution >= 4 is 23.2 Å². The van der Waals surface area contributed by atoms with Gasteiger partial charge in [0.15, 0.2) is 0 Å². The average Bonchev–Trinajstić information content (AvgIpc) is 2.73. The van der Waals surface area contributed by atoms with Crippen LogP contribution in [0.2, 0.25) is 0 Å². The average molecular weight is 322 g/mol. The number of carbonyl (C=O) groups is 2. The summed E-state index contributed by atoms with van der Waals surface area (Å²) in [5, 5.41) is 3.22. The first-order valence-corrected chi connectivity index (χ1v) is 8.14. The summed E-state index contributed by atoms with van der Waals surface area (Å²) in [6, 6.07) is 11.3. The molecule has 1 heterocycles. The number of carbonyl (C=O) groups excluding carboxylic acids is 2. The maximum Gasteiger partial charge on any atom is 0.256 e. The molecule has 0 aliphatic carbocycles. The number of amides is 2. The van der Waals surface area contributed by atoms with Crippen LogP contribution in [0.3, 0.4) is 0 Å². The molecule has 1 saturated heterocycles. The van der Waals surface area contributed by atoms with Gasteiger partial charge in [0.05, 0.1) is 12.1 Å². The second kappa shape index (κ2) is 6.11. The number of aryl methyl sites for hydroxylation is 4. The van der Waals surface area contributed by atoms with Crippen molar-refractivity contribution in [2.75, 3.05) is 10.2 Å². The van der Waals surface area contributed by atoms with Gasteiger partial charge in [0.2, 0.25) is 5.91 Å². The first-order chi connectivity index (χ1) is 11.3. The highest BCUT2D eigenvalue weighted by molar-refractivity contribution is 6.23. The number of imide groups is 1. The van der Waals surface area contributed by atoms with E-state index in [1.165, 1.54) is 4.90 Å². The van der Waals surface area contributed by atoms with Crippen LogP contribution in [-0.2, 0) is 9.59 Å². The zero-order valence-corrected chi connectivity index (χ0v) is 14.5. The van der Waals surface area contributed by atoms with Gasteiger partial charge >= 0.3 is 0 Å². The summed E-state index contributed by atoms with van der Waals surface area (Å²) in [6.07, 6.45) is 0.180. The lowest BCUT2D eigenvalue weighted by molar-refractivity contribution is -0.121. The quantitative estimate of drug-likeness (QED) is 0.877. The Labute approximate surface area is 142 Å². The Kier molecular flexibility index (Phi) is 4.14. The smallest absolute Gasteiger partial charge is 0.256 e. The van der Waals surface area contributed by atoms with Gasteiger partial charge in [-0.3, -0.25) is 9.59 Å². The monoisotopic (exact) mass is 322 g/mol. The summed E-state index contributed by atoms with van der Waals surface area (Å²) in [4.78, 5) is 26.5. The Morgan fingerprint density at radius 2 is 1.58 bits per heavy atom. The van der Waals surface area contributed by atoms with E-state index in [1.54, 1.807) is 0 Å². The Morgan fingerprint density at radius 3 is 2.21 bits per heavy atom. The molecule has 4 nitrogen and oxygen atoms in total. The van der Waals surface area contributed by atoms with Crippen LogP contribution in [0.15, 0.2) is 36.4 Å². The van der Waals surface area contributed by atoms with Crippen LogP contribution in [0.1, 0.15) is 28.7 Å². The van der Waals surface area contributed by atoms with Crippen LogP contribution >= 0.6 is 0 Å². The van der Waals surface area contributed by atoms with E-state index in [-0.39, 0.29) is 18.2 Å². The summed E-state index contributed by atoms with van der Waals surface area (Å²) in [7, 11) is 0. The zero-order valence-electron chi connectivity index (χ0n) is 14.5. The predicted octanol–water partition coefficient (Wildman–Crippen LogP) is 3.66. The van der Waals surface area contributed by atoms with E-state index in [1.807, 2.05) is 58.0 Å². The van der Waals surface area contributed by atoms with Gasteiger partial charge in [0.1, 0.15) is 6.04 Å². The molecule has 4 heteroatoms. The number of hydrogen-bond donors (Lipinski definition) is 1. The molecule has 1 aliphatic rings. The summed E-state index contributed by atoms with van der Waals surface area (Å²) < 4.78 is 0. The van der Waals surface area contributed by atoms with Gasteiger partial charge in [-0.15, -0.1) is 0 Å². The van der Waals surface area contributed by atoms with Gasteiger partial charge in [0.25, 0.3) is 5.91 Å². The van der Waals surface area contributed by atoms with E-state index in [2.05, 4.69) is 11.4 Å². The van der Waals surface area contributed by atoms with Crippen molar-refractivity contribution in [2.24, 2.45) is 0 Å². The number of hydrogen-bond acceptors (Lipinski definition) is 3. The van der Waals surface area contributed by atoms with Crippen molar-refractivity contribution in [2.45, 2.75) is 40.2 Å². The molecular weight excluding hydrogens is 300 g/mol. The molecule has 0 spiro atoms. The summed E-state index contributed by atoms with van der Waals surface area (Å²) >= 11 is 0. The van der Waals surface area contributed by atoms with Crippen molar-refractivity contribution in [3.05, 3.63) is 58.7 Å². The van der Waals surface area contributed by atoms with Crippen molar-refractivity contribution in [1.29, 1.82) is 0 Å². The fourth-order valence-electron chi connectivity index (χ4n) is 3.31. The van der Waals surface area contributed by atoms with E-state index in [4.69, 9.17) is 0 Å². The normalized spacial score (nSPS) is 17.5. The minimum atomic E-state index is -0.514. The lowest BCUT2D eigenvalue weighted by Gasteiger charge is -2.18. The first-order valence-electron chi connectivity index (χ1n) is 8.14. The highest BCUT2D eigenvalue weighted by Gasteiger charge is 2.40. The molecule has 124 valence electrons. The molecule has 1 atom stereocenters. The van der Waals surface area contributed by atoms with Crippen molar-refractivity contribution in [1.82, 2.24) is 0 Å². The van der Waals surface area contributed by atoms with Crippen molar-refractivity contribution in [3.63, 3.8) is 0 Å². The van der Waals surface area contributed by atoms with Gasteiger partial charge in [-0.05, 0) is 62.6 Å². The third kappa shape index (κ3) is 3.04. The Morgan fingerprint density at radius 1 is 0.917 bits per heavy atom. The molecule has 0 aromatic heterocycles. The molecule has 1 fully saturated rings.